The number of hydrogen-bond acceptors (Lipinski definition) is 4. The van der Waals surface area contributed by atoms with E-state index in [9.17, 15) is 0 Å². The summed E-state index contributed by atoms with van der Waals surface area (Å²) < 4.78 is 5.16. The van der Waals surface area contributed by atoms with E-state index in [1.807, 2.05) is 6.92 Å². The molecule has 4 nitrogen and oxygen atoms in total. The molecule has 0 aliphatic carbocycles. The van der Waals surface area contributed by atoms with E-state index in [4.69, 9.17) is 15.6 Å². The molecule has 0 aliphatic rings. The number of rotatable bonds is 4. The fraction of sp³-hybridized carbons (Fsp3) is 0.444. The van der Waals surface area contributed by atoms with Gasteiger partial charge in [0.2, 0.25) is 5.88 Å². The summed E-state index contributed by atoms with van der Waals surface area (Å²) in [7, 11) is 0. The normalized spacial score (nSPS) is 12.5. The van der Waals surface area contributed by atoms with Crippen LogP contribution in [-0.4, -0.2) is 23.3 Å². The van der Waals surface area contributed by atoms with Gasteiger partial charge in [-0.05, 0) is 12.5 Å². The highest BCUT2D eigenvalue weighted by Crippen LogP contribution is 2.12. The smallest absolute Gasteiger partial charge is 0.213 e. The molecular weight excluding hydrogens is 168 g/mol. The van der Waals surface area contributed by atoms with Crippen LogP contribution in [0.5, 0.6) is 5.88 Å². The Morgan fingerprint density at radius 2 is 2.38 bits per heavy atom. The highest BCUT2D eigenvalue weighted by molar-refractivity contribution is 5.20. The zero-order valence-electron chi connectivity index (χ0n) is 7.60. The fourth-order valence-electron chi connectivity index (χ4n) is 0.950. The van der Waals surface area contributed by atoms with Gasteiger partial charge in [-0.25, -0.2) is 4.98 Å². The lowest BCUT2D eigenvalue weighted by atomic mass is 10.1. The van der Waals surface area contributed by atoms with Crippen molar-refractivity contribution < 1.29 is 9.84 Å². The van der Waals surface area contributed by atoms with Gasteiger partial charge in [-0.2, -0.15) is 0 Å². The summed E-state index contributed by atoms with van der Waals surface area (Å²) in [6, 6.07) is 3.19. The highest BCUT2D eigenvalue weighted by atomic mass is 16.5. The first-order valence-corrected chi connectivity index (χ1v) is 4.23. The Kier molecular flexibility index (Phi) is 3.67. The minimum atomic E-state index is -0.358. The van der Waals surface area contributed by atoms with Gasteiger partial charge < -0.3 is 15.6 Å². The molecule has 1 atom stereocenters. The zero-order valence-corrected chi connectivity index (χ0v) is 7.60. The molecule has 1 aromatic heterocycles. The number of pyridine rings is 1. The monoisotopic (exact) mass is 182 g/mol. The third-order valence-corrected chi connectivity index (χ3v) is 1.68. The van der Waals surface area contributed by atoms with Crippen LogP contribution in [0.3, 0.4) is 0 Å². The average Bonchev–Trinajstić information content (AvgIpc) is 2.18. The van der Waals surface area contributed by atoms with Crippen molar-refractivity contribution in [2.24, 2.45) is 5.73 Å². The van der Waals surface area contributed by atoms with Crippen LogP contribution in [0.2, 0.25) is 0 Å². The first-order chi connectivity index (χ1) is 6.27. The van der Waals surface area contributed by atoms with E-state index >= 15 is 0 Å². The second-order valence-corrected chi connectivity index (χ2v) is 2.65. The predicted molar refractivity (Wildman–Crippen MR) is 49.4 cm³/mol. The van der Waals surface area contributed by atoms with Gasteiger partial charge in [0.25, 0.3) is 0 Å². The lowest BCUT2D eigenvalue weighted by molar-refractivity contribution is 0.267. The van der Waals surface area contributed by atoms with Crippen molar-refractivity contribution in [1.29, 1.82) is 0 Å². The van der Waals surface area contributed by atoms with Crippen LogP contribution in [0.25, 0.3) is 0 Å². The molecule has 0 amide bonds. The lowest BCUT2D eigenvalue weighted by Crippen LogP contribution is -2.14. The van der Waals surface area contributed by atoms with Gasteiger partial charge in [-0.3, -0.25) is 0 Å². The second kappa shape index (κ2) is 4.79. The highest BCUT2D eigenvalue weighted by Gasteiger charge is 2.04. The molecule has 0 saturated heterocycles. The van der Waals surface area contributed by atoms with Crippen LogP contribution in [0.1, 0.15) is 18.5 Å². The number of nitrogens with zero attached hydrogens (tertiary/aromatic N) is 1. The molecule has 0 fully saturated rings. The summed E-state index contributed by atoms with van der Waals surface area (Å²) in [6.07, 6.45) is 1.62. The van der Waals surface area contributed by atoms with E-state index in [2.05, 4.69) is 4.98 Å². The number of hydrogen-bond donors (Lipinski definition) is 2. The van der Waals surface area contributed by atoms with E-state index in [0.717, 1.165) is 5.56 Å². The second-order valence-electron chi connectivity index (χ2n) is 2.65. The maximum absolute atomic E-state index is 8.78. The molecule has 3 N–H and O–H groups in total. The molecule has 1 rings (SSSR count). The Hall–Kier alpha value is -1.13. The Labute approximate surface area is 77.4 Å². The summed E-state index contributed by atoms with van der Waals surface area (Å²) in [5, 5.41) is 8.78. The van der Waals surface area contributed by atoms with Crippen LogP contribution in [0.15, 0.2) is 18.3 Å². The summed E-state index contributed by atoms with van der Waals surface area (Å²) in [4.78, 5) is 4.02. The quantitative estimate of drug-likeness (QED) is 0.710. The molecule has 0 bridgehead atoms. The molecule has 13 heavy (non-hydrogen) atoms. The van der Waals surface area contributed by atoms with Gasteiger partial charge in [0.05, 0.1) is 19.3 Å². The Balaban J connectivity index is 2.69. The van der Waals surface area contributed by atoms with Crippen molar-refractivity contribution in [3.8, 4) is 5.88 Å². The number of aliphatic hydroxyl groups excluding tert-OH is 1. The van der Waals surface area contributed by atoms with Gasteiger partial charge in [0.1, 0.15) is 0 Å². The lowest BCUT2D eigenvalue weighted by Gasteiger charge is -2.08. The summed E-state index contributed by atoms with van der Waals surface area (Å²) in [5.74, 6) is 0.580. The van der Waals surface area contributed by atoms with Crippen LogP contribution < -0.4 is 10.5 Å². The van der Waals surface area contributed by atoms with Crippen LogP contribution >= 0.6 is 0 Å². The Bertz CT molecular complexity index is 248. The van der Waals surface area contributed by atoms with Gasteiger partial charge in [-0.1, -0.05) is 6.07 Å². The number of aromatic nitrogens is 1. The van der Waals surface area contributed by atoms with Gasteiger partial charge in [-0.15, -0.1) is 0 Å². The summed E-state index contributed by atoms with van der Waals surface area (Å²) in [6.45, 7) is 2.42. The molecule has 0 spiro atoms. The minimum absolute atomic E-state index is 0.0737. The molecular formula is C9H14N2O2. The van der Waals surface area contributed by atoms with Crippen LogP contribution in [0.4, 0.5) is 0 Å². The third kappa shape index (κ3) is 2.68. The van der Waals surface area contributed by atoms with Gasteiger partial charge >= 0.3 is 0 Å². The van der Waals surface area contributed by atoms with Crippen molar-refractivity contribution >= 4 is 0 Å². The zero-order chi connectivity index (χ0) is 9.68. The summed E-state index contributed by atoms with van der Waals surface area (Å²) in [5.41, 5.74) is 6.40. The van der Waals surface area contributed by atoms with Crippen molar-refractivity contribution in [3.05, 3.63) is 23.9 Å². The maximum atomic E-state index is 8.78. The number of nitrogens with two attached hydrogens (primary N) is 1. The summed E-state index contributed by atoms with van der Waals surface area (Å²) >= 11 is 0. The van der Waals surface area contributed by atoms with Crippen molar-refractivity contribution in [1.82, 2.24) is 4.98 Å². The van der Waals surface area contributed by atoms with E-state index < -0.39 is 0 Å². The predicted octanol–water partition coefficient (Wildman–Crippen LogP) is 0.472. The molecule has 0 aromatic carbocycles. The van der Waals surface area contributed by atoms with Gasteiger partial charge in [0.15, 0.2) is 0 Å². The molecule has 72 valence electrons. The largest absolute Gasteiger partial charge is 0.478 e. The Morgan fingerprint density at radius 1 is 1.62 bits per heavy atom. The van der Waals surface area contributed by atoms with Crippen molar-refractivity contribution in [2.45, 2.75) is 13.0 Å². The van der Waals surface area contributed by atoms with E-state index in [1.54, 1.807) is 18.3 Å². The third-order valence-electron chi connectivity index (χ3n) is 1.68. The van der Waals surface area contributed by atoms with E-state index in [-0.39, 0.29) is 12.6 Å². The van der Waals surface area contributed by atoms with Crippen molar-refractivity contribution in [2.75, 3.05) is 13.2 Å². The first-order valence-electron chi connectivity index (χ1n) is 4.23. The minimum Gasteiger partial charge on any atom is -0.478 e. The topological polar surface area (TPSA) is 68.4 Å². The molecule has 0 unspecified atom stereocenters. The molecule has 1 heterocycles. The Morgan fingerprint density at radius 3 is 2.85 bits per heavy atom. The van der Waals surface area contributed by atoms with Crippen LogP contribution in [0, 0.1) is 0 Å². The fourth-order valence-corrected chi connectivity index (χ4v) is 0.950. The first kappa shape index (κ1) is 9.95. The average molecular weight is 182 g/mol. The van der Waals surface area contributed by atoms with E-state index in [1.165, 1.54) is 0 Å². The molecule has 4 heteroatoms. The molecule has 0 radical (unpaired) electrons. The molecule has 1 aromatic rings. The number of aliphatic hydroxyl groups is 1. The molecule has 0 saturated carbocycles. The maximum Gasteiger partial charge on any atom is 0.213 e. The molecule has 0 aliphatic heterocycles. The van der Waals surface area contributed by atoms with Crippen LogP contribution in [-0.2, 0) is 0 Å². The number of ether oxygens (including phenoxy) is 1. The van der Waals surface area contributed by atoms with Gasteiger partial charge in [0, 0.05) is 12.3 Å². The van der Waals surface area contributed by atoms with E-state index in [0.29, 0.717) is 12.5 Å². The standard InChI is InChI=1S/C9H14N2O2/c1-2-13-9-4-3-7(5-11-9)8(10)6-12/h3-5,8,12H,2,6,10H2,1H3/t8-/m1/s1. The SMILES string of the molecule is CCOc1ccc([C@H](N)CO)cn1. The van der Waals surface area contributed by atoms with Crippen molar-refractivity contribution in [3.63, 3.8) is 0 Å².